The fourth-order valence-electron chi connectivity index (χ4n) is 2.80. The minimum Gasteiger partial charge on any atom is -0.346 e. The van der Waals surface area contributed by atoms with Crippen LogP contribution < -0.4 is 10.6 Å². The van der Waals surface area contributed by atoms with Gasteiger partial charge >= 0.3 is 0 Å². The number of aryl methyl sites for hydroxylation is 1. The minimum absolute atomic E-state index is 0.137. The molecular weight excluding hydrogens is 394 g/mol. The first-order valence-corrected chi connectivity index (χ1v) is 10.2. The number of benzene rings is 1. The van der Waals surface area contributed by atoms with E-state index in [2.05, 4.69) is 25.8 Å². The third-order valence-electron chi connectivity index (χ3n) is 4.50. The van der Waals surface area contributed by atoms with Gasteiger partial charge in [-0.25, -0.2) is 0 Å². The van der Waals surface area contributed by atoms with E-state index < -0.39 is 0 Å². The number of nitrogens with zero attached hydrogens (tertiary/aromatic N) is 3. The molecule has 0 fully saturated rings. The normalized spacial score (nSPS) is 11.2. The highest BCUT2D eigenvalue weighted by Gasteiger charge is 2.20. The SMILES string of the molecule is CC(C)(C)c1noc(CCCC(=O)Nc2cccc(C(=O)NCc3ccccn3)c2)n1. The van der Waals surface area contributed by atoms with Gasteiger partial charge in [0.25, 0.3) is 5.91 Å². The highest BCUT2D eigenvalue weighted by atomic mass is 16.5. The molecule has 0 aliphatic carbocycles. The van der Waals surface area contributed by atoms with Gasteiger partial charge in [0.15, 0.2) is 5.82 Å². The molecule has 2 amide bonds. The van der Waals surface area contributed by atoms with Crippen molar-refractivity contribution in [2.75, 3.05) is 5.32 Å². The Balaban J connectivity index is 1.46. The molecule has 1 aromatic carbocycles. The van der Waals surface area contributed by atoms with E-state index in [-0.39, 0.29) is 17.2 Å². The van der Waals surface area contributed by atoms with Crippen LogP contribution in [0.25, 0.3) is 0 Å². The van der Waals surface area contributed by atoms with Gasteiger partial charge in [0, 0.05) is 35.7 Å². The molecule has 3 aromatic rings. The first-order chi connectivity index (χ1) is 14.8. The molecule has 0 unspecified atom stereocenters. The molecular formula is C23H27N5O3. The van der Waals surface area contributed by atoms with Gasteiger partial charge in [0.1, 0.15) is 0 Å². The molecule has 0 spiro atoms. The Labute approximate surface area is 181 Å². The van der Waals surface area contributed by atoms with Crippen molar-refractivity contribution in [2.45, 2.75) is 52.0 Å². The summed E-state index contributed by atoms with van der Waals surface area (Å²) < 4.78 is 5.25. The van der Waals surface area contributed by atoms with Crippen molar-refractivity contribution >= 4 is 17.5 Å². The van der Waals surface area contributed by atoms with Crippen LogP contribution in [0.4, 0.5) is 5.69 Å². The second-order valence-corrected chi connectivity index (χ2v) is 8.25. The lowest BCUT2D eigenvalue weighted by Gasteiger charge is -2.10. The van der Waals surface area contributed by atoms with E-state index in [0.29, 0.717) is 48.8 Å². The summed E-state index contributed by atoms with van der Waals surface area (Å²) in [5.74, 6) is 0.823. The van der Waals surface area contributed by atoms with Crippen LogP contribution in [0.1, 0.15) is 61.4 Å². The number of carbonyl (C=O) groups excluding carboxylic acids is 2. The number of carbonyl (C=O) groups is 2. The fourth-order valence-corrected chi connectivity index (χ4v) is 2.80. The van der Waals surface area contributed by atoms with Crippen molar-refractivity contribution in [1.29, 1.82) is 0 Å². The molecule has 2 N–H and O–H groups in total. The second-order valence-electron chi connectivity index (χ2n) is 8.25. The average molecular weight is 422 g/mol. The molecule has 2 heterocycles. The van der Waals surface area contributed by atoms with Crippen molar-refractivity contribution in [2.24, 2.45) is 0 Å². The maximum Gasteiger partial charge on any atom is 0.251 e. The van der Waals surface area contributed by atoms with E-state index in [1.165, 1.54) is 0 Å². The summed E-state index contributed by atoms with van der Waals surface area (Å²) in [6.45, 7) is 6.38. The smallest absolute Gasteiger partial charge is 0.251 e. The van der Waals surface area contributed by atoms with E-state index >= 15 is 0 Å². The second kappa shape index (κ2) is 9.97. The molecule has 8 heteroatoms. The summed E-state index contributed by atoms with van der Waals surface area (Å²) in [5.41, 5.74) is 1.64. The third kappa shape index (κ3) is 6.74. The van der Waals surface area contributed by atoms with E-state index in [9.17, 15) is 9.59 Å². The molecule has 162 valence electrons. The van der Waals surface area contributed by atoms with Gasteiger partial charge in [-0.2, -0.15) is 4.98 Å². The molecule has 0 aliphatic heterocycles. The number of nitrogens with one attached hydrogen (secondary N) is 2. The summed E-state index contributed by atoms with van der Waals surface area (Å²) >= 11 is 0. The number of hydrogen-bond acceptors (Lipinski definition) is 6. The Morgan fingerprint density at radius 3 is 2.65 bits per heavy atom. The first kappa shape index (κ1) is 22.1. The van der Waals surface area contributed by atoms with Gasteiger partial charge in [0.05, 0.1) is 12.2 Å². The third-order valence-corrected chi connectivity index (χ3v) is 4.50. The zero-order chi connectivity index (χ0) is 22.3. The predicted molar refractivity (Wildman–Crippen MR) is 116 cm³/mol. The fraction of sp³-hybridized carbons (Fsp3) is 0.348. The van der Waals surface area contributed by atoms with E-state index in [0.717, 1.165) is 5.69 Å². The van der Waals surface area contributed by atoms with Crippen LogP contribution in [0, 0.1) is 0 Å². The number of hydrogen-bond donors (Lipinski definition) is 2. The highest BCUT2D eigenvalue weighted by molar-refractivity contribution is 5.97. The number of aromatic nitrogens is 3. The van der Waals surface area contributed by atoms with Gasteiger partial charge in [-0.3, -0.25) is 14.6 Å². The average Bonchev–Trinajstić information content (AvgIpc) is 3.22. The van der Waals surface area contributed by atoms with E-state index in [1.54, 1.807) is 30.5 Å². The van der Waals surface area contributed by atoms with Crippen molar-refractivity contribution in [3.8, 4) is 0 Å². The van der Waals surface area contributed by atoms with Gasteiger partial charge in [0.2, 0.25) is 11.8 Å². The summed E-state index contributed by atoms with van der Waals surface area (Å²) in [7, 11) is 0. The van der Waals surface area contributed by atoms with Crippen LogP contribution in [-0.4, -0.2) is 26.9 Å². The van der Waals surface area contributed by atoms with Gasteiger partial charge in [-0.1, -0.05) is 38.1 Å². The first-order valence-electron chi connectivity index (χ1n) is 10.2. The van der Waals surface area contributed by atoms with Crippen LogP contribution in [0.2, 0.25) is 0 Å². The van der Waals surface area contributed by atoms with Crippen molar-refractivity contribution in [3.05, 3.63) is 71.6 Å². The topological polar surface area (TPSA) is 110 Å². The summed E-state index contributed by atoms with van der Waals surface area (Å²) in [6.07, 6.45) is 3.11. The number of rotatable bonds is 8. The molecule has 0 saturated heterocycles. The monoisotopic (exact) mass is 421 g/mol. The lowest BCUT2D eigenvalue weighted by molar-refractivity contribution is -0.116. The Morgan fingerprint density at radius 1 is 1.10 bits per heavy atom. The lowest BCUT2D eigenvalue weighted by Crippen LogP contribution is -2.23. The Kier molecular flexibility index (Phi) is 7.12. The maximum absolute atomic E-state index is 12.4. The van der Waals surface area contributed by atoms with Gasteiger partial charge < -0.3 is 15.2 Å². The van der Waals surface area contributed by atoms with E-state index in [4.69, 9.17) is 4.52 Å². The molecule has 2 aromatic heterocycles. The predicted octanol–water partition coefficient (Wildman–Crippen LogP) is 3.65. The Bertz CT molecular complexity index is 1020. The molecule has 8 nitrogen and oxygen atoms in total. The molecule has 0 radical (unpaired) electrons. The molecule has 3 rings (SSSR count). The molecule has 0 saturated carbocycles. The van der Waals surface area contributed by atoms with Crippen LogP contribution in [0.15, 0.2) is 53.2 Å². The Morgan fingerprint density at radius 2 is 1.94 bits per heavy atom. The largest absolute Gasteiger partial charge is 0.346 e. The standard InChI is InChI=1S/C23H27N5O3/c1-23(2,3)22-27-20(31-28-22)12-7-11-19(29)26-17-10-6-8-16(14-17)21(30)25-15-18-9-4-5-13-24-18/h4-6,8-10,13-14H,7,11-12,15H2,1-3H3,(H,25,30)(H,26,29). The minimum atomic E-state index is -0.229. The van der Waals surface area contributed by atoms with Gasteiger partial charge in [-0.05, 0) is 36.8 Å². The van der Waals surface area contributed by atoms with Crippen molar-refractivity contribution in [1.82, 2.24) is 20.4 Å². The number of anilines is 1. The summed E-state index contributed by atoms with van der Waals surface area (Å²) in [4.78, 5) is 33.2. The van der Waals surface area contributed by atoms with Gasteiger partial charge in [-0.15, -0.1) is 0 Å². The van der Waals surface area contributed by atoms with E-state index in [1.807, 2.05) is 39.0 Å². The van der Waals surface area contributed by atoms with Crippen molar-refractivity contribution in [3.63, 3.8) is 0 Å². The summed E-state index contributed by atoms with van der Waals surface area (Å²) in [5, 5.41) is 9.64. The quantitative estimate of drug-likeness (QED) is 0.574. The molecule has 0 atom stereocenters. The zero-order valence-electron chi connectivity index (χ0n) is 18.0. The summed E-state index contributed by atoms with van der Waals surface area (Å²) in [6, 6.07) is 12.4. The molecule has 31 heavy (non-hydrogen) atoms. The molecule has 0 aliphatic rings. The lowest BCUT2D eigenvalue weighted by atomic mass is 9.96. The molecule has 0 bridgehead atoms. The van der Waals surface area contributed by atoms with Crippen LogP contribution in [0.5, 0.6) is 0 Å². The maximum atomic E-state index is 12.4. The number of pyridine rings is 1. The highest BCUT2D eigenvalue weighted by Crippen LogP contribution is 2.19. The number of amides is 2. The zero-order valence-corrected chi connectivity index (χ0v) is 18.0. The Hall–Kier alpha value is -3.55. The van der Waals surface area contributed by atoms with Crippen LogP contribution >= 0.6 is 0 Å². The van der Waals surface area contributed by atoms with Crippen LogP contribution in [-0.2, 0) is 23.2 Å². The van der Waals surface area contributed by atoms with Crippen LogP contribution in [0.3, 0.4) is 0 Å². The van der Waals surface area contributed by atoms with Crippen molar-refractivity contribution < 1.29 is 14.1 Å².